The number of nitrogen functional groups attached to an aromatic ring is 1. The van der Waals surface area contributed by atoms with E-state index in [1.165, 1.54) is 37.9 Å². The minimum atomic E-state index is 0.791. The molecule has 0 amide bonds. The first kappa shape index (κ1) is 16.6. The summed E-state index contributed by atoms with van der Waals surface area (Å²) in [6, 6.07) is 18.7. The molecule has 0 unspecified atom stereocenters. The van der Waals surface area contributed by atoms with E-state index in [2.05, 4.69) is 47.1 Å². The summed E-state index contributed by atoms with van der Waals surface area (Å²) in [5, 5.41) is 0. The van der Waals surface area contributed by atoms with Crippen LogP contribution in [0.5, 0.6) is 0 Å². The molecule has 124 valence electrons. The van der Waals surface area contributed by atoms with Crippen molar-refractivity contribution in [2.75, 3.05) is 25.4 Å². The van der Waals surface area contributed by atoms with Gasteiger partial charge in [-0.1, -0.05) is 42.2 Å². The Morgan fingerprint density at radius 2 is 1.67 bits per heavy atom. The van der Waals surface area contributed by atoms with Gasteiger partial charge in [0.25, 0.3) is 0 Å². The highest BCUT2D eigenvalue weighted by atomic mass is 15.1. The van der Waals surface area contributed by atoms with Crippen LogP contribution in [0.2, 0.25) is 0 Å². The predicted molar refractivity (Wildman–Crippen MR) is 102 cm³/mol. The molecule has 3 rings (SSSR count). The maximum atomic E-state index is 5.68. The van der Waals surface area contributed by atoms with E-state index in [1.807, 2.05) is 24.3 Å². The van der Waals surface area contributed by atoms with Crippen LogP contribution in [0, 0.1) is 17.8 Å². The fourth-order valence-corrected chi connectivity index (χ4v) is 3.31. The van der Waals surface area contributed by atoms with Gasteiger partial charge >= 0.3 is 0 Å². The van der Waals surface area contributed by atoms with Gasteiger partial charge in [0.2, 0.25) is 0 Å². The summed E-state index contributed by atoms with van der Waals surface area (Å²) < 4.78 is 0. The summed E-state index contributed by atoms with van der Waals surface area (Å²) in [5.41, 5.74) is 9.00. The number of anilines is 1. The van der Waals surface area contributed by atoms with Gasteiger partial charge in [0, 0.05) is 24.2 Å². The van der Waals surface area contributed by atoms with E-state index in [9.17, 15) is 0 Å². The Kier molecular flexibility index (Phi) is 5.93. The van der Waals surface area contributed by atoms with Gasteiger partial charge < -0.3 is 10.6 Å². The van der Waals surface area contributed by atoms with E-state index in [0.29, 0.717) is 0 Å². The molecule has 0 bridgehead atoms. The lowest BCUT2D eigenvalue weighted by atomic mass is 9.90. The zero-order valence-corrected chi connectivity index (χ0v) is 14.2. The summed E-state index contributed by atoms with van der Waals surface area (Å²) in [4.78, 5) is 2.55. The molecule has 0 atom stereocenters. The average Bonchev–Trinajstić information content (AvgIpc) is 2.62. The van der Waals surface area contributed by atoms with Crippen LogP contribution < -0.4 is 5.73 Å². The van der Waals surface area contributed by atoms with Crippen molar-refractivity contribution in [3.63, 3.8) is 0 Å². The van der Waals surface area contributed by atoms with E-state index in [4.69, 9.17) is 5.73 Å². The Bertz CT molecular complexity index is 671. The standard InChI is InChI=1S/C22H26N2/c23-22-11-9-19(10-12-22)6-4-5-15-24-16-13-21(14-17-24)18-20-7-2-1-3-8-20/h1-3,7-12,21H,5,13-18,23H2. The minimum Gasteiger partial charge on any atom is -0.399 e. The van der Waals surface area contributed by atoms with Crippen molar-refractivity contribution in [2.45, 2.75) is 25.7 Å². The number of rotatable bonds is 4. The molecular weight excluding hydrogens is 292 g/mol. The van der Waals surface area contributed by atoms with Crippen LogP contribution in [0.25, 0.3) is 0 Å². The lowest BCUT2D eigenvalue weighted by Gasteiger charge is -2.31. The second kappa shape index (κ2) is 8.57. The molecule has 1 saturated heterocycles. The number of piperidine rings is 1. The van der Waals surface area contributed by atoms with E-state index in [-0.39, 0.29) is 0 Å². The highest BCUT2D eigenvalue weighted by Gasteiger charge is 2.18. The second-order valence-electron chi connectivity index (χ2n) is 6.65. The quantitative estimate of drug-likeness (QED) is 0.683. The average molecular weight is 318 g/mol. The van der Waals surface area contributed by atoms with Crippen LogP contribution in [0.3, 0.4) is 0 Å². The van der Waals surface area contributed by atoms with Crippen molar-refractivity contribution in [3.05, 3.63) is 65.7 Å². The first-order valence-electron chi connectivity index (χ1n) is 8.90. The number of nitrogens with two attached hydrogens (primary N) is 1. The molecule has 0 saturated carbocycles. The third kappa shape index (κ3) is 5.15. The Balaban J connectivity index is 1.37. The van der Waals surface area contributed by atoms with Gasteiger partial charge in [-0.3, -0.25) is 0 Å². The largest absolute Gasteiger partial charge is 0.399 e. The van der Waals surface area contributed by atoms with E-state index < -0.39 is 0 Å². The lowest BCUT2D eigenvalue weighted by Crippen LogP contribution is -2.34. The topological polar surface area (TPSA) is 29.3 Å². The van der Waals surface area contributed by atoms with Gasteiger partial charge in [0.1, 0.15) is 0 Å². The summed E-state index contributed by atoms with van der Waals surface area (Å²) in [5.74, 6) is 7.35. The van der Waals surface area contributed by atoms with Gasteiger partial charge in [-0.25, -0.2) is 0 Å². The molecular formula is C22H26N2. The number of benzene rings is 2. The summed E-state index contributed by atoms with van der Waals surface area (Å²) in [7, 11) is 0. The third-order valence-corrected chi connectivity index (χ3v) is 4.77. The Morgan fingerprint density at radius 1 is 0.958 bits per heavy atom. The normalized spacial score (nSPS) is 15.7. The third-order valence-electron chi connectivity index (χ3n) is 4.77. The Hall–Kier alpha value is -2.24. The van der Waals surface area contributed by atoms with Crippen molar-refractivity contribution in [2.24, 2.45) is 5.92 Å². The van der Waals surface area contributed by atoms with Gasteiger partial charge in [-0.2, -0.15) is 0 Å². The monoisotopic (exact) mass is 318 g/mol. The minimum absolute atomic E-state index is 0.791. The van der Waals surface area contributed by atoms with E-state index in [0.717, 1.165) is 30.1 Å². The van der Waals surface area contributed by atoms with Gasteiger partial charge in [-0.05, 0) is 68.1 Å². The highest BCUT2D eigenvalue weighted by molar-refractivity contribution is 5.44. The van der Waals surface area contributed by atoms with Crippen molar-refractivity contribution in [1.29, 1.82) is 0 Å². The summed E-state index contributed by atoms with van der Waals surface area (Å²) in [6.45, 7) is 3.50. The lowest BCUT2D eigenvalue weighted by molar-refractivity contribution is 0.187. The molecule has 2 nitrogen and oxygen atoms in total. The maximum Gasteiger partial charge on any atom is 0.0314 e. The second-order valence-corrected chi connectivity index (χ2v) is 6.65. The first-order valence-corrected chi connectivity index (χ1v) is 8.90. The number of hydrogen-bond donors (Lipinski definition) is 1. The highest BCUT2D eigenvalue weighted by Crippen LogP contribution is 2.21. The van der Waals surface area contributed by atoms with Crippen LogP contribution in [0.1, 0.15) is 30.4 Å². The van der Waals surface area contributed by atoms with Gasteiger partial charge in [0.15, 0.2) is 0 Å². The molecule has 2 N–H and O–H groups in total. The van der Waals surface area contributed by atoms with E-state index in [1.54, 1.807) is 0 Å². The molecule has 1 fully saturated rings. The molecule has 0 aliphatic carbocycles. The Morgan fingerprint density at radius 3 is 2.38 bits per heavy atom. The Labute approximate surface area is 145 Å². The first-order chi connectivity index (χ1) is 11.8. The smallest absolute Gasteiger partial charge is 0.0314 e. The van der Waals surface area contributed by atoms with Crippen LogP contribution in [0.4, 0.5) is 5.69 Å². The molecule has 2 heteroatoms. The van der Waals surface area contributed by atoms with E-state index >= 15 is 0 Å². The van der Waals surface area contributed by atoms with Gasteiger partial charge in [-0.15, -0.1) is 0 Å². The molecule has 0 aromatic heterocycles. The number of likely N-dealkylation sites (tertiary alicyclic amines) is 1. The number of nitrogens with zero attached hydrogens (tertiary/aromatic N) is 1. The fourth-order valence-electron chi connectivity index (χ4n) is 3.31. The molecule has 2 aromatic rings. The summed E-state index contributed by atoms with van der Waals surface area (Å²) >= 11 is 0. The van der Waals surface area contributed by atoms with Crippen molar-refractivity contribution in [1.82, 2.24) is 4.90 Å². The van der Waals surface area contributed by atoms with Crippen LogP contribution in [-0.4, -0.2) is 24.5 Å². The molecule has 1 aliphatic heterocycles. The molecule has 0 radical (unpaired) electrons. The molecule has 0 spiro atoms. The SMILES string of the molecule is Nc1ccc(C#CCCN2CCC(Cc3ccccc3)CC2)cc1. The zero-order valence-electron chi connectivity index (χ0n) is 14.2. The van der Waals surface area contributed by atoms with Crippen LogP contribution >= 0.6 is 0 Å². The fraction of sp³-hybridized carbons (Fsp3) is 0.364. The molecule has 2 aromatic carbocycles. The molecule has 1 heterocycles. The van der Waals surface area contributed by atoms with Crippen molar-refractivity contribution < 1.29 is 0 Å². The molecule has 1 aliphatic rings. The van der Waals surface area contributed by atoms with Crippen LogP contribution in [0.15, 0.2) is 54.6 Å². The predicted octanol–water partition coefficient (Wildman–Crippen LogP) is 3.97. The summed E-state index contributed by atoms with van der Waals surface area (Å²) in [6.07, 6.45) is 4.78. The van der Waals surface area contributed by atoms with Crippen molar-refractivity contribution in [3.8, 4) is 11.8 Å². The molecule has 24 heavy (non-hydrogen) atoms. The van der Waals surface area contributed by atoms with Crippen molar-refractivity contribution >= 4 is 5.69 Å². The number of hydrogen-bond acceptors (Lipinski definition) is 2. The zero-order chi connectivity index (χ0) is 16.6. The maximum absolute atomic E-state index is 5.68. The van der Waals surface area contributed by atoms with Crippen LogP contribution in [-0.2, 0) is 6.42 Å². The van der Waals surface area contributed by atoms with Gasteiger partial charge in [0.05, 0.1) is 0 Å².